The predicted octanol–water partition coefficient (Wildman–Crippen LogP) is 3.09. The molecule has 2 heterocycles. The minimum atomic E-state index is -0.397. The highest BCUT2D eigenvalue weighted by atomic mass is 16.5. The molecule has 1 fully saturated rings. The van der Waals surface area contributed by atoms with Crippen molar-refractivity contribution in [3.8, 4) is 5.75 Å². The van der Waals surface area contributed by atoms with E-state index in [1.165, 1.54) is 25.0 Å². The van der Waals surface area contributed by atoms with Crippen LogP contribution in [0.2, 0.25) is 0 Å². The van der Waals surface area contributed by atoms with Gasteiger partial charge in [-0.2, -0.15) is 0 Å². The van der Waals surface area contributed by atoms with E-state index in [9.17, 15) is 14.4 Å². The first-order valence-electron chi connectivity index (χ1n) is 10.5. The summed E-state index contributed by atoms with van der Waals surface area (Å²) in [5.74, 6) is 0.0371. The fourth-order valence-corrected chi connectivity index (χ4v) is 4.12. The number of ether oxygens (including phenoxy) is 1. The number of methoxy groups -OCH3 is 1. The molecule has 1 N–H and O–H groups in total. The quantitative estimate of drug-likeness (QED) is 0.620. The van der Waals surface area contributed by atoms with E-state index >= 15 is 0 Å². The van der Waals surface area contributed by atoms with E-state index in [4.69, 9.17) is 4.74 Å². The SMILES string of the molecule is COc1ccc2c(=O)c(C(=O)c3ccncc3)cn(CC(=O)NC3CCCCC3)c2c1. The topological polar surface area (TPSA) is 90.3 Å². The second-order valence-electron chi connectivity index (χ2n) is 7.85. The number of aromatic nitrogens is 2. The highest BCUT2D eigenvalue weighted by Crippen LogP contribution is 2.21. The fourth-order valence-electron chi connectivity index (χ4n) is 4.12. The lowest BCUT2D eigenvalue weighted by Crippen LogP contribution is -2.38. The molecule has 0 saturated heterocycles. The Morgan fingerprint density at radius 3 is 2.58 bits per heavy atom. The van der Waals surface area contributed by atoms with Crippen molar-refractivity contribution in [3.63, 3.8) is 0 Å². The van der Waals surface area contributed by atoms with E-state index in [1.54, 1.807) is 42.0 Å². The molecular formula is C24H25N3O4. The van der Waals surface area contributed by atoms with Crippen molar-refractivity contribution in [3.05, 3.63) is 70.3 Å². The summed E-state index contributed by atoms with van der Waals surface area (Å²) in [7, 11) is 1.54. The van der Waals surface area contributed by atoms with Gasteiger partial charge in [0.25, 0.3) is 0 Å². The fraction of sp³-hybridized carbons (Fsp3) is 0.333. The number of fused-ring (bicyclic) bond motifs is 1. The lowest BCUT2D eigenvalue weighted by Gasteiger charge is -2.23. The van der Waals surface area contributed by atoms with E-state index < -0.39 is 5.78 Å². The first-order valence-corrected chi connectivity index (χ1v) is 10.5. The van der Waals surface area contributed by atoms with Crippen LogP contribution in [0.1, 0.15) is 48.0 Å². The minimum Gasteiger partial charge on any atom is -0.497 e. The number of amides is 1. The van der Waals surface area contributed by atoms with Gasteiger partial charge in [-0.1, -0.05) is 19.3 Å². The molecule has 3 aromatic rings. The maximum atomic E-state index is 13.1. The van der Waals surface area contributed by atoms with Gasteiger partial charge >= 0.3 is 0 Å². The van der Waals surface area contributed by atoms with Crippen LogP contribution in [0.3, 0.4) is 0 Å². The minimum absolute atomic E-state index is 0.0110. The molecule has 0 spiro atoms. The van der Waals surface area contributed by atoms with Gasteiger partial charge in [-0.25, -0.2) is 0 Å². The Bertz CT molecular complexity index is 1160. The number of benzene rings is 1. The van der Waals surface area contributed by atoms with Gasteiger partial charge in [-0.15, -0.1) is 0 Å². The Balaban J connectivity index is 1.74. The first-order chi connectivity index (χ1) is 15.1. The van der Waals surface area contributed by atoms with Crippen LogP contribution in [0.15, 0.2) is 53.7 Å². The number of rotatable bonds is 6. The van der Waals surface area contributed by atoms with E-state index in [2.05, 4.69) is 10.3 Å². The summed E-state index contributed by atoms with van der Waals surface area (Å²) in [5, 5.41) is 3.46. The third-order valence-electron chi connectivity index (χ3n) is 5.76. The molecule has 7 heteroatoms. The number of nitrogens with zero attached hydrogens (tertiary/aromatic N) is 2. The zero-order valence-electron chi connectivity index (χ0n) is 17.5. The van der Waals surface area contributed by atoms with Crippen molar-refractivity contribution >= 4 is 22.6 Å². The number of carbonyl (C=O) groups is 2. The van der Waals surface area contributed by atoms with Crippen molar-refractivity contribution < 1.29 is 14.3 Å². The molecule has 0 aliphatic heterocycles. The lowest BCUT2D eigenvalue weighted by molar-refractivity contribution is -0.122. The standard InChI is InChI=1S/C24H25N3O4/c1-31-18-7-8-19-21(13-18)27(15-22(28)26-17-5-3-2-4-6-17)14-20(24(19)30)23(29)16-9-11-25-12-10-16/h7-14,17H,2-6,15H2,1H3,(H,26,28). The van der Waals surface area contributed by atoms with Crippen molar-refractivity contribution in [1.29, 1.82) is 0 Å². The molecule has 160 valence electrons. The van der Waals surface area contributed by atoms with Crippen molar-refractivity contribution in [2.45, 2.75) is 44.7 Å². The summed E-state index contributed by atoms with van der Waals surface area (Å²) in [6.07, 6.45) is 9.91. The maximum Gasteiger partial charge on any atom is 0.240 e. The Labute approximate surface area is 180 Å². The second kappa shape index (κ2) is 9.12. The number of hydrogen-bond acceptors (Lipinski definition) is 5. The summed E-state index contributed by atoms with van der Waals surface area (Å²) >= 11 is 0. The largest absolute Gasteiger partial charge is 0.497 e. The molecule has 1 aromatic carbocycles. The van der Waals surface area contributed by atoms with E-state index in [1.807, 2.05) is 0 Å². The summed E-state index contributed by atoms with van der Waals surface area (Å²) in [4.78, 5) is 42.8. The molecule has 1 saturated carbocycles. The molecule has 2 aromatic heterocycles. The molecule has 0 atom stereocenters. The van der Waals surface area contributed by atoms with Crippen LogP contribution >= 0.6 is 0 Å². The lowest BCUT2D eigenvalue weighted by atomic mass is 9.95. The number of pyridine rings is 2. The molecule has 1 aliphatic carbocycles. The Morgan fingerprint density at radius 1 is 1.13 bits per heavy atom. The molecule has 1 amide bonds. The predicted molar refractivity (Wildman–Crippen MR) is 117 cm³/mol. The molecule has 0 radical (unpaired) electrons. The van der Waals surface area contributed by atoms with Crippen molar-refractivity contribution in [2.24, 2.45) is 0 Å². The normalized spacial score (nSPS) is 14.4. The van der Waals surface area contributed by atoms with Gasteiger partial charge in [0.1, 0.15) is 12.3 Å². The third kappa shape index (κ3) is 4.50. The van der Waals surface area contributed by atoms with Crippen LogP contribution in [0.4, 0.5) is 0 Å². The Hall–Kier alpha value is -3.48. The Morgan fingerprint density at radius 2 is 1.87 bits per heavy atom. The molecule has 31 heavy (non-hydrogen) atoms. The summed E-state index contributed by atoms with van der Waals surface area (Å²) in [6, 6.07) is 8.34. The van der Waals surface area contributed by atoms with Gasteiger partial charge in [0.2, 0.25) is 11.3 Å². The van der Waals surface area contributed by atoms with Crippen molar-refractivity contribution in [2.75, 3.05) is 7.11 Å². The van der Waals surface area contributed by atoms with E-state index in [0.29, 0.717) is 22.2 Å². The zero-order valence-corrected chi connectivity index (χ0v) is 17.5. The summed E-state index contributed by atoms with van der Waals surface area (Å²) in [5.41, 5.74) is 0.574. The van der Waals surface area contributed by atoms with Gasteiger partial charge < -0.3 is 14.6 Å². The molecule has 1 aliphatic rings. The average molecular weight is 419 g/mol. The molecule has 0 bridgehead atoms. The molecular weight excluding hydrogens is 394 g/mol. The van der Waals surface area contributed by atoms with Crippen LogP contribution in [-0.2, 0) is 11.3 Å². The van der Waals surface area contributed by atoms with Gasteiger partial charge in [-0.05, 0) is 37.1 Å². The van der Waals surface area contributed by atoms with Crippen LogP contribution in [-0.4, -0.2) is 34.4 Å². The van der Waals surface area contributed by atoms with Crippen LogP contribution < -0.4 is 15.5 Å². The third-order valence-corrected chi connectivity index (χ3v) is 5.76. The van der Waals surface area contributed by atoms with E-state index in [0.717, 1.165) is 25.7 Å². The zero-order chi connectivity index (χ0) is 21.8. The second-order valence-corrected chi connectivity index (χ2v) is 7.85. The number of ketones is 1. The summed E-state index contributed by atoms with van der Waals surface area (Å²) in [6.45, 7) is 0.0110. The molecule has 7 nitrogen and oxygen atoms in total. The number of nitrogens with one attached hydrogen (secondary N) is 1. The smallest absolute Gasteiger partial charge is 0.240 e. The Kier molecular flexibility index (Phi) is 6.11. The number of carbonyl (C=O) groups excluding carboxylic acids is 2. The molecule has 0 unspecified atom stereocenters. The van der Waals surface area contributed by atoms with Crippen LogP contribution in [0, 0.1) is 0 Å². The van der Waals surface area contributed by atoms with Gasteiger partial charge in [0.05, 0.1) is 18.2 Å². The van der Waals surface area contributed by atoms with Crippen LogP contribution in [0.5, 0.6) is 5.75 Å². The molecule has 4 rings (SSSR count). The maximum absolute atomic E-state index is 13.1. The van der Waals surface area contributed by atoms with Gasteiger partial charge in [0.15, 0.2) is 5.78 Å². The first kappa shape index (κ1) is 20.8. The monoisotopic (exact) mass is 419 g/mol. The average Bonchev–Trinajstić information content (AvgIpc) is 2.81. The van der Waals surface area contributed by atoms with Gasteiger partial charge in [0, 0.05) is 41.6 Å². The highest BCUT2D eigenvalue weighted by molar-refractivity contribution is 6.10. The van der Waals surface area contributed by atoms with E-state index in [-0.39, 0.29) is 29.5 Å². The van der Waals surface area contributed by atoms with Crippen molar-refractivity contribution in [1.82, 2.24) is 14.9 Å². The van der Waals surface area contributed by atoms with Gasteiger partial charge in [-0.3, -0.25) is 19.4 Å². The van der Waals surface area contributed by atoms with Crippen LogP contribution in [0.25, 0.3) is 10.9 Å². The number of hydrogen-bond donors (Lipinski definition) is 1. The highest BCUT2D eigenvalue weighted by Gasteiger charge is 2.20. The summed E-state index contributed by atoms with van der Waals surface area (Å²) < 4.78 is 6.96.